The first kappa shape index (κ1) is 27.4. The highest BCUT2D eigenvalue weighted by atomic mass is 16.6. The van der Waals surface area contributed by atoms with Gasteiger partial charge in [-0.15, -0.1) is 6.58 Å². The summed E-state index contributed by atoms with van der Waals surface area (Å²) >= 11 is 0. The quantitative estimate of drug-likeness (QED) is 0.374. The van der Waals surface area contributed by atoms with Crippen LogP contribution in [0.4, 0.5) is 0 Å². The van der Waals surface area contributed by atoms with Crippen LogP contribution in [0.15, 0.2) is 25.3 Å². The van der Waals surface area contributed by atoms with Crippen LogP contribution >= 0.6 is 0 Å². The largest absolute Gasteiger partial charge is 0.461 e. The van der Waals surface area contributed by atoms with Gasteiger partial charge >= 0.3 is 5.97 Å². The molecule has 0 aromatic carbocycles. The lowest BCUT2D eigenvalue weighted by molar-refractivity contribution is -0.163. The Kier molecular flexibility index (Phi) is 7.59. The molecule has 3 aliphatic heterocycles. The van der Waals surface area contributed by atoms with Crippen molar-refractivity contribution in [3.05, 3.63) is 25.3 Å². The van der Waals surface area contributed by atoms with Crippen molar-refractivity contribution >= 4 is 17.8 Å². The summed E-state index contributed by atoms with van der Waals surface area (Å²) in [6, 6.07) is -1.53. The molecule has 0 radical (unpaired) electrons. The average Bonchev–Trinajstić information content (AvgIpc) is 3.36. The summed E-state index contributed by atoms with van der Waals surface area (Å²) < 4.78 is 12.0. The molecule has 8 heteroatoms. The summed E-state index contributed by atoms with van der Waals surface area (Å²) in [6.07, 6.45) is 4.88. The van der Waals surface area contributed by atoms with Crippen molar-refractivity contribution in [2.24, 2.45) is 17.8 Å². The van der Waals surface area contributed by atoms with Crippen LogP contribution in [0.25, 0.3) is 0 Å². The Morgan fingerprint density at radius 1 is 1.31 bits per heavy atom. The molecule has 2 bridgehead atoms. The minimum Gasteiger partial charge on any atom is -0.461 e. The second-order valence-electron chi connectivity index (χ2n) is 11.4. The van der Waals surface area contributed by atoms with Crippen LogP contribution < -0.4 is 0 Å². The van der Waals surface area contributed by atoms with Gasteiger partial charge in [-0.2, -0.15) is 0 Å². The number of amides is 2. The maximum absolute atomic E-state index is 14.3. The number of hydrogen-bond acceptors (Lipinski definition) is 6. The smallest absolute Gasteiger partial charge is 0.313 e. The number of carbonyl (C=O) groups excluding carboxylic acids is 3. The fourth-order valence-corrected chi connectivity index (χ4v) is 6.37. The van der Waals surface area contributed by atoms with Crippen molar-refractivity contribution < 1.29 is 29.0 Å². The van der Waals surface area contributed by atoms with Crippen LogP contribution in [-0.2, 0) is 23.9 Å². The molecule has 3 heterocycles. The Hall–Kier alpha value is -2.19. The molecular formula is C27H42N2O6. The Bertz CT molecular complexity index is 881. The third-order valence-corrected chi connectivity index (χ3v) is 8.28. The second-order valence-corrected chi connectivity index (χ2v) is 11.4. The molecule has 0 aromatic rings. The summed E-state index contributed by atoms with van der Waals surface area (Å²) in [5.41, 5.74) is -2.60. The van der Waals surface area contributed by atoms with E-state index in [1.54, 1.807) is 15.9 Å². The Balaban J connectivity index is 2.18. The van der Waals surface area contributed by atoms with Gasteiger partial charge in [-0.1, -0.05) is 39.0 Å². The Morgan fingerprint density at radius 3 is 2.49 bits per heavy atom. The van der Waals surface area contributed by atoms with Crippen LogP contribution in [-0.4, -0.2) is 81.3 Å². The highest BCUT2D eigenvalue weighted by molar-refractivity contribution is 5.99. The summed E-state index contributed by atoms with van der Waals surface area (Å²) in [6.45, 7) is 19.1. The van der Waals surface area contributed by atoms with Gasteiger partial charge in [0.05, 0.1) is 24.2 Å². The zero-order valence-corrected chi connectivity index (χ0v) is 22.1. The number of esters is 1. The van der Waals surface area contributed by atoms with Crippen LogP contribution in [0, 0.1) is 17.8 Å². The van der Waals surface area contributed by atoms with Crippen molar-refractivity contribution in [1.82, 2.24) is 9.80 Å². The van der Waals surface area contributed by atoms with Crippen LogP contribution in [0.1, 0.15) is 60.8 Å². The topological polar surface area (TPSA) is 96.4 Å². The van der Waals surface area contributed by atoms with Crippen molar-refractivity contribution in [1.29, 1.82) is 0 Å². The van der Waals surface area contributed by atoms with Crippen LogP contribution in [0.3, 0.4) is 0 Å². The molecule has 1 N–H and O–H groups in total. The molecule has 3 fully saturated rings. The molecule has 3 rings (SSSR count). The first-order chi connectivity index (χ1) is 16.3. The molecule has 0 aromatic heterocycles. The average molecular weight is 491 g/mol. The number of fused-ring (bicyclic) bond motifs is 1. The van der Waals surface area contributed by atoms with E-state index in [-0.39, 0.29) is 30.9 Å². The van der Waals surface area contributed by atoms with Crippen LogP contribution in [0.5, 0.6) is 0 Å². The predicted octanol–water partition coefficient (Wildman–Crippen LogP) is 2.70. The van der Waals surface area contributed by atoms with E-state index in [2.05, 4.69) is 13.2 Å². The lowest BCUT2D eigenvalue weighted by atomic mass is 9.66. The van der Waals surface area contributed by atoms with Gasteiger partial charge in [-0.3, -0.25) is 14.4 Å². The molecule has 8 nitrogen and oxygen atoms in total. The van der Waals surface area contributed by atoms with Crippen LogP contribution in [0.2, 0.25) is 0 Å². The number of rotatable bonds is 10. The molecule has 3 aliphatic rings. The van der Waals surface area contributed by atoms with Crippen molar-refractivity contribution in [3.63, 3.8) is 0 Å². The highest BCUT2D eigenvalue weighted by Crippen LogP contribution is 2.64. The molecule has 1 spiro atoms. The monoisotopic (exact) mass is 490 g/mol. The summed E-state index contributed by atoms with van der Waals surface area (Å²) in [5.74, 6) is -2.82. The zero-order valence-electron chi connectivity index (χ0n) is 22.1. The SMILES string of the molecule is C=CCOC(=O)[C@@H]1[C@H]2C(=O)N([C@@H](CO)[C@@H](C)CC)C(C(=O)N(CC=C)C(C)(C)C)C23CC[C@@]1(C)O3. The van der Waals surface area contributed by atoms with Gasteiger partial charge in [-0.05, 0) is 46.5 Å². The zero-order chi connectivity index (χ0) is 26.3. The molecule has 3 saturated heterocycles. The van der Waals surface area contributed by atoms with E-state index in [1.165, 1.54) is 6.08 Å². The van der Waals surface area contributed by atoms with Gasteiger partial charge in [0.2, 0.25) is 11.8 Å². The van der Waals surface area contributed by atoms with Gasteiger partial charge < -0.3 is 24.4 Å². The summed E-state index contributed by atoms with van der Waals surface area (Å²) in [4.78, 5) is 45.0. The number of ether oxygens (including phenoxy) is 2. The van der Waals surface area contributed by atoms with E-state index >= 15 is 0 Å². The van der Waals surface area contributed by atoms with E-state index in [9.17, 15) is 19.5 Å². The Labute approximate surface area is 209 Å². The molecule has 196 valence electrons. The number of aliphatic hydroxyl groups is 1. The first-order valence-electron chi connectivity index (χ1n) is 12.7. The van der Waals surface area contributed by atoms with Gasteiger partial charge in [0.1, 0.15) is 24.2 Å². The molecule has 0 aliphatic carbocycles. The molecule has 35 heavy (non-hydrogen) atoms. The summed E-state index contributed by atoms with van der Waals surface area (Å²) in [5, 5.41) is 10.4. The molecule has 7 atom stereocenters. The maximum Gasteiger partial charge on any atom is 0.313 e. The fraction of sp³-hybridized carbons (Fsp3) is 0.741. The summed E-state index contributed by atoms with van der Waals surface area (Å²) in [7, 11) is 0. The molecule has 2 unspecified atom stereocenters. The lowest BCUT2D eigenvalue weighted by Gasteiger charge is -2.44. The lowest BCUT2D eigenvalue weighted by Crippen LogP contribution is -2.62. The normalized spacial score (nSPS) is 33.3. The van der Waals surface area contributed by atoms with E-state index < -0.39 is 46.6 Å². The van der Waals surface area contributed by atoms with Crippen molar-refractivity contribution in [2.45, 2.75) is 89.6 Å². The van der Waals surface area contributed by atoms with Gasteiger partial charge in [0.25, 0.3) is 0 Å². The van der Waals surface area contributed by atoms with E-state index in [0.29, 0.717) is 25.8 Å². The maximum atomic E-state index is 14.3. The third kappa shape index (κ3) is 4.22. The number of likely N-dealkylation sites (tertiary alicyclic amines) is 1. The second kappa shape index (κ2) is 9.69. The van der Waals surface area contributed by atoms with Crippen molar-refractivity contribution in [3.8, 4) is 0 Å². The van der Waals surface area contributed by atoms with Crippen molar-refractivity contribution in [2.75, 3.05) is 19.8 Å². The number of hydrogen-bond donors (Lipinski definition) is 1. The molecular weight excluding hydrogens is 448 g/mol. The van der Waals surface area contributed by atoms with Gasteiger partial charge in [0.15, 0.2) is 0 Å². The molecule has 2 amide bonds. The number of carbonyl (C=O) groups is 3. The standard InChI is InChI=1S/C27H42N2O6/c1-9-14-28(25(5,6)7)23(32)21-27-13-12-26(8,35-27)20(24(33)34-15-10-2)19(27)22(31)29(21)18(16-30)17(4)11-3/h9-10,17-21,30H,1-2,11-16H2,3-8H3/t17-,18-,19-,20-,21?,26+,27?/m0/s1. The van der Waals surface area contributed by atoms with E-state index in [0.717, 1.165) is 0 Å². The molecule has 0 saturated carbocycles. The third-order valence-electron chi connectivity index (χ3n) is 8.28. The van der Waals surface area contributed by atoms with E-state index in [4.69, 9.17) is 9.47 Å². The fourth-order valence-electron chi connectivity index (χ4n) is 6.37. The minimum absolute atomic E-state index is 0.0364. The van der Waals surface area contributed by atoms with Gasteiger partial charge in [0, 0.05) is 12.1 Å². The minimum atomic E-state index is -1.16. The van der Waals surface area contributed by atoms with E-state index in [1.807, 2.05) is 41.5 Å². The first-order valence-corrected chi connectivity index (χ1v) is 12.7. The van der Waals surface area contributed by atoms with Gasteiger partial charge in [-0.25, -0.2) is 0 Å². The predicted molar refractivity (Wildman–Crippen MR) is 132 cm³/mol. The highest BCUT2D eigenvalue weighted by Gasteiger charge is 2.79. The number of nitrogens with zero attached hydrogens (tertiary/aromatic N) is 2. The Morgan fingerprint density at radius 2 is 1.97 bits per heavy atom. The number of aliphatic hydroxyl groups excluding tert-OH is 1.